The van der Waals surface area contributed by atoms with E-state index < -0.39 is 0 Å². The second kappa shape index (κ2) is 15.8. The monoisotopic (exact) mass is 358 g/mol. The summed E-state index contributed by atoms with van der Waals surface area (Å²) in [6.45, 7) is 5.81. The van der Waals surface area contributed by atoms with Crippen LogP contribution in [0.4, 0.5) is 0 Å². The summed E-state index contributed by atoms with van der Waals surface area (Å²) in [6, 6.07) is 0. The number of amides is 3. The van der Waals surface area contributed by atoms with Crippen LogP contribution in [0.3, 0.4) is 0 Å². The Labute approximate surface area is 150 Å². The Morgan fingerprint density at radius 3 is 1.40 bits per heavy atom. The largest absolute Gasteiger partial charge is 0.356 e. The van der Waals surface area contributed by atoms with E-state index in [2.05, 4.69) is 16.0 Å². The van der Waals surface area contributed by atoms with Gasteiger partial charge >= 0.3 is 0 Å². The third-order valence-corrected chi connectivity index (χ3v) is 3.47. The highest BCUT2D eigenvalue weighted by Gasteiger charge is 2.12. The summed E-state index contributed by atoms with van der Waals surface area (Å²) in [5.41, 5.74) is 10.7. The minimum atomic E-state index is -0.0848. The lowest BCUT2D eigenvalue weighted by Gasteiger charge is -2.21. The van der Waals surface area contributed by atoms with E-state index in [4.69, 9.17) is 11.5 Å². The Hall–Kier alpha value is -1.71. The number of nitrogens with two attached hydrogens (primary N) is 2. The molecule has 0 heterocycles. The molecule has 0 aliphatic rings. The van der Waals surface area contributed by atoms with Crippen LogP contribution in [-0.4, -0.2) is 75.0 Å². The van der Waals surface area contributed by atoms with E-state index in [1.165, 1.54) is 0 Å². The number of hydrogen-bond donors (Lipinski definition) is 5. The molecule has 0 rings (SSSR count). The van der Waals surface area contributed by atoms with Gasteiger partial charge in [0.2, 0.25) is 17.7 Å². The van der Waals surface area contributed by atoms with Crippen molar-refractivity contribution < 1.29 is 14.4 Å². The summed E-state index contributed by atoms with van der Waals surface area (Å²) in [5, 5.41) is 8.24. The van der Waals surface area contributed by atoms with Crippen LogP contribution in [0.25, 0.3) is 0 Å². The molecule has 9 nitrogen and oxygen atoms in total. The molecule has 0 fully saturated rings. The number of hydrogen-bond acceptors (Lipinski definition) is 6. The van der Waals surface area contributed by atoms with Crippen molar-refractivity contribution in [2.24, 2.45) is 11.5 Å². The Bertz CT molecular complexity index is 335. The summed E-state index contributed by atoms with van der Waals surface area (Å²) in [5.74, 6) is -0.191. The fraction of sp³-hybridized carbons (Fsp3) is 0.812. The van der Waals surface area contributed by atoms with E-state index in [1.807, 2.05) is 11.8 Å². The maximum Gasteiger partial charge on any atom is 0.221 e. The Morgan fingerprint density at radius 2 is 1.08 bits per heavy atom. The third-order valence-electron chi connectivity index (χ3n) is 3.47. The van der Waals surface area contributed by atoms with Crippen LogP contribution in [0, 0.1) is 0 Å². The number of nitrogens with one attached hydrogen (secondary N) is 3. The van der Waals surface area contributed by atoms with E-state index in [9.17, 15) is 14.4 Å². The molecule has 0 unspecified atom stereocenters. The topological polar surface area (TPSA) is 143 Å². The first-order chi connectivity index (χ1) is 12.0. The average molecular weight is 358 g/mol. The molecule has 0 aliphatic heterocycles. The van der Waals surface area contributed by atoms with E-state index in [0.717, 1.165) is 6.42 Å². The van der Waals surface area contributed by atoms with Crippen LogP contribution < -0.4 is 27.4 Å². The first-order valence-corrected chi connectivity index (χ1v) is 8.96. The van der Waals surface area contributed by atoms with E-state index >= 15 is 0 Å². The van der Waals surface area contributed by atoms with Crippen LogP contribution in [0.15, 0.2) is 0 Å². The van der Waals surface area contributed by atoms with Gasteiger partial charge in [-0.25, -0.2) is 0 Å². The van der Waals surface area contributed by atoms with Crippen molar-refractivity contribution in [2.45, 2.75) is 32.6 Å². The van der Waals surface area contributed by atoms with E-state index in [0.29, 0.717) is 71.6 Å². The Morgan fingerprint density at radius 1 is 0.720 bits per heavy atom. The molecule has 0 aromatic rings. The molecule has 9 heteroatoms. The van der Waals surface area contributed by atoms with Gasteiger partial charge in [-0.15, -0.1) is 0 Å². The summed E-state index contributed by atoms with van der Waals surface area (Å²) >= 11 is 0. The molecule has 25 heavy (non-hydrogen) atoms. The predicted molar refractivity (Wildman–Crippen MR) is 97.7 cm³/mol. The van der Waals surface area contributed by atoms with Crippen molar-refractivity contribution in [3.05, 3.63) is 0 Å². The minimum Gasteiger partial charge on any atom is -0.356 e. The highest BCUT2D eigenvalue weighted by atomic mass is 16.2. The zero-order valence-electron chi connectivity index (χ0n) is 15.3. The SMILES string of the molecule is CCCNC(=O)CCN(CCC(=O)NCCN)CCC(=O)NCCN. The second-order valence-corrected chi connectivity index (χ2v) is 5.72. The van der Waals surface area contributed by atoms with Crippen molar-refractivity contribution in [1.82, 2.24) is 20.9 Å². The molecule has 0 aliphatic carbocycles. The lowest BCUT2D eigenvalue weighted by atomic mass is 10.2. The maximum atomic E-state index is 11.7. The van der Waals surface area contributed by atoms with Crippen molar-refractivity contribution in [1.29, 1.82) is 0 Å². The number of nitrogens with zero attached hydrogens (tertiary/aromatic N) is 1. The number of carbonyl (C=O) groups is 3. The summed E-state index contributed by atoms with van der Waals surface area (Å²) in [4.78, 5) is 37.1. The van der Waals surface area contributed by atoms with Crippen molar-refractivity contribution >= 4 is 17.7 Å². The molecular weight excluding hydrogens is 324 g/mol. The molecule has 0 aromatic carbocycles. The zero-order valence-corrected chi connectivity index (χ0v) is 15.3. The van der Waals surface area contributed by atoms with Gasteiger partial charge in [0, 0.05) is 71.6 Å². The Balaban J connectivity index is 4.31. The zero-order chi connectivity index (χ0) is 18.9. The van der Waals surface area contributed by atoms with Gasteiger partial charge in [0.25, 0.3) is 0 Å². The Kier molecular flexibility index (Phi) is 14.7. The highest BCUT2D eigenvalue weighted by molar-refractivity contribution is 5.77. The second-order valence-electron chi connectivity index (χ2n) is 5.72. The molecule has 0 radical (unpaired) electrons. The normalized spacial score (nSPS) is 10.6. The molecule has 7 N–H and O–H groups in total. The molecular formula is C16H34N6O3. The fourth-order valence-corrected chi connectivity index (χ4v) is 2.07. The van der Waals surface area contributed by atoms with Crippen molar-refractivity contribution in [2.75, 3.05) is 52.4 Å². The van der Waals surface area contributed by atoms with Crippen molar-refractivity contribution in [3.63, 3.8) is 0 Å². The lowest BCUT2D eigenvalue weighted by molar-refractivity contribution is -0.121. The van der Waals surface area contributed by atoms with E-state index in [1.54, 1.807) is 0 Å². The van der Waals surface area contributed by atoms with Gasteiger partial charge in [-0.2, -0.15) is 0 Å². The summed E-state index contributed by atoms with van der Waals surface area (Å²) in [7, 11) is 0. The molecule has 0 bridgehead atoms. The molecule has 0 saturated carbocycles. The molecule has 146 valence electrons. The highest BCUT2D eigenvalue weighted by Crippen LogP contribution is 1.98. The fourth-order valence-electron chi connectivity index (χ4n) is 2.07. The van der Waals surface area contributed by atoms with Crippen LogP contribution in [-0.2, 0) is 14.4 Å². The third kappa shape index (κ3) is 14.3. The van der Waals surface area contributed by atoms with Crippen LogP contribution in [0.5, 0.6) is 0 Å². The van der Waals surface area contributed by atoms with Gasteiger partial charge in [0.05, 0.1) is 0 Å². The summed E-state index contributed by atoms with van der Waals surface area (Å²) in [6.07, 6.45) is 1.84. The van der Waals surface area contributed by atoms with Gasteiger partial charge in [0.1, 0.15) is 0 Å². The van der Waals surface area contributed by atoms with Gasteiger partial charge in [-0.05, 0) is 6.42 Å². The maximum absolute atomic E-state index is 11.7. The molecule has 0 spiro atoms. The first kappa shape index (κ1) is 23.3. The quantitative estimate of drug-likeness (QED) is 0.232. The van der Waals surface area contributed by atoms with Gasteiger partial charge in [-0.1, -0.05) is 6.92 Å². The number of carbonyl (C=O) groups excluding carboxylic acids is 3. The van der Waals surface area contributed by atoms with Gasteiger partial charge < -0.3 is 32.3 Å². The molecule has 0 aromatic heterocycles. The molecule has 0 saturated heterocycles. The van der Waals surface area contributed by atoms with Crippen LogP contribution >= 0.6 is 0 Å². The predicted octanol–water partition coefficient (Wildman–Crippen LogP) is -1.87. The number of rotatable bonds is 15. The van der Waals surface area contributed by atoms with Crippen molar-refractivity contribution in [3.8, 4) is 0 Å². The molecule has 3 amide bonds. The first-order valence-electron chi connectivity index (χ1n) is 8.96. The van der Waals surface area contributed by atoms with Crippen LogP contribution in [0.2, 0.25) is 0 Å². The van der Waals surface area contributed by atoms with E-state index in [-0.39, 0.29) is 17.7 Å². The standard InChI is InChI=1S/C16H34N6O3/c1-2-8-19-14(23)3-11-22(12-4-15(24)20-9-6-17)13-5-16(25)21-10-7-18/h2-13,17-18H2,1H3,(H,19,23)(H,20,24)(H,21,25). The smallest absolute Gasteiger partial charge is 0.221 e. The van der Waals surface area contributed by atoms with Crippen LogP contribution in [0.1, 0.15) is 32.6 Å². The lowest BCUT2D eigenvalue weighted by Crippen LogP contribution is -2.38. The summed E-state index contributed by atoms with van der Waals surface area (Å²) < 4.78 is 0. The van der Waals surface area contributed by atoms with Gasteiger partial charge in [-0.3, -0.25) is 14.4 Å². The minimum absolute atomic E-state index is 0.0213. The average Bonchev–Trinajstić information content (AvgIpc) is 2.61. The molecule has 0 atom stereocenters. The van der Waals surface area contributed by atoms with Gasteiger partial charge in [0.15, 0.2) is 0 Å².